The van der Waals surface area contributed by atoms with E-state index in [-0.39, 0.29) is 5.91 Å². The van der Waals surface area contributed by atoms with E-state index < -0.39 is 0 Å². The SMILES string of the molecule is CN1CCN(c2ncccc2CNC(=O)c2cccc(OCc3cscn3)c2)CC1. The molecule has 0 aliphatic carbocycles. The Balaban J connectivity index is 1.37. The Kier molecular flexibility index (Phi) is 6.56. The van der Waals surface area contributed by atoms with E-state index in [0.29, 0.717) is 24.5 Å². The van der Waals surface area contributed by atoms with Gasteiger partial charge in [0.05, 0.1) is 11.2 Å². The topological polar surface area (TPSA) is 70.6 Å². The number of nitrogens with zero attached hydrogens (tertiary/aromatic N) is 4. The van der Waals surface area contributed by atoms with Gasteiger partial charge in [-0.05, 0) is 31.3 Å². The number of ether oxygens (including phenoxy) is 1. The van der Waals surface area contributed by atoms with Crippen molar-refractivity contribution in [2.24, 2.45) is 0 Å². The summed E-state index contributed by atoms with van der Waals surface area (Å²) in [4.78, 5) is 26.1. The Labute approximate surface area is 180 Å². The van der Waals surface area contributed by atoms with Gasteiger partial charge in [0.1, 0.15) is 18.2 Å². The normalized spacial score (nSPS) is 14.5. The fourth-order valence-corrected chi connectivity index (χ4v) is 3.89. The summed E-state index contributed by atoms with van der Waals surface area (Å²) in [5.41, 5.74) is 4.24. The number of hydrogen-bond donors (Lipinski definition) is 1. The lowest BCUT2D eigenvalue weighted by Crippen LogP contribution is -2.45. The first-order chi connectivity index (χ1) is 14.7. The molecule has 156 valence electrons. The third-order valence-corrected chi connectivity index (χ3v) is 5.71. The minimum Gasteiger partial charge on any atom is -0.487 e. The number of likely N-dealkylation sites (N-methyl/N-ethyl adjacent to an activating group) is 1. The number of thiazole rings is 1. The molecule has 8 heteroatoms. The van der Waals surface area contributed by atoms with E-state index in [4.69, 9.17) is 4.74 Å². The van der Waals surface area contributed by atoms with E-state index in [1.54, 1.807) is 17.6 Å². The number of hydrogen-bond acceptors (Lipinski definition) is 7. The summed E-state index contributed by atoms with van der Waals surface area (Å²) >= 11 is 1.53. The quantitative estimate of drug-likeness (QED) is 0.630. The van der Waals surface area contributed by atoms with E-state index in [9.17, 15) is 4.79 Å². The van der Waals surface area contributed by atoms with Gasteiger partial charge in [-0.3, -0.25) is 4.79 Å². The van der Waals surface area contributed by atoms with Gasteiger partial charge in [-0.2, -0.15) is 0 Å². The fourth-order valence-electron chi connectivity index (χ4n) is 3.34. The highest BCUT2D eigenvalue weighted by atomic mass is 32.1. The molecule has 1 saturated heterocycles. The molecule has 3 aromatic rings. The van der Waals surface area contributed by atoms with Crippen molar-refractivity contribution in [2.45, 2.75) is 13.2 Å². The first kappa shape index (κ1) is 20.3. The number of carbonyl (C=O) groups is 1. The summed E-state index contributed by atoms with van der Waals surface area (Å²) in [6.07, 6.45) is 1.81. The van der Waals surface area contributed by atoms with Gasteiger partial charge in [-0.15, -0.1) is 11.3 Å². The van der Waals surface area contributed by atoms with Crippen LogP contribution >= 0.6 is 11.3 Å². The lowest BCUT2D eigenvalue weighted by molar-refractivity contribution is 0.0950. The second kappa shape index (κ2) is 9.69. The number of nitrogens with one attached hydrogen (secondary N) is 1. The Morgan fingerprint density at radius 1 is 1.17 bits per heavy atom. The van der Waals surface area contributed by atoms with E-state index in [0.717, 1.165) is 43.3 Å². The van der Waals surface area contributed by atoms with Crippen molar-refractivity contribution in [1.82, 2.24) is 20.2 Å². The molecule has 3 heterocycles. The summed E-state index contributed by atoms with van der Waals surface area (Å²) in [6, 6.07) is 11.1. The molecular weight excluding hydrogens is 398 g/mol. The Hall–Kier alpha value is -2.97. The molecule has 4 rings (SSSR count). The van der Waals surface area contributed by atoms with E-state index in [2.05, 4.69) is 32.1 Å². The maximum atomic E-state index is 12.7. The Morgan fingerprint density at radius 2 is 2.03 bits per heavy atom. The zero-order valence-electron chi connectivity index (χ0n) is 17.0. The van der Waals surface area contributed by atoms with Crippen LogP contribution in [-0.4, -0.2) is 54.0 Å². The molecule has 0 bridgehead atoms. The highest BCUT2D eigenvalue weighted by Gasteiger charge is 2.18. The van der Waals surface area contributed by atoms with E-state index >= 15 is 0 Å². The lowest BCUT2D eigenvalue weighted by atomic mass is 10.2. The predicted molar refractivity (Wildman–Crippen MR) is 118 cm³/mol. The Morgan fingerprint density at radius 3 is 2.83 bits per heavy atom. The highest BCUT2D eigenvalue weighted by Crippen LogP contribution is 2.19. The Bertz CT molecular complexity index is 971. The molecular formula is C22H25N5O2S. The fraction of sp³-hybridized carbons (Fsp3) is 0.318. The molecule has 1 aromatic carbocycles. The van der Waals surface area contributed by atoms with Gasteiger partial charge in [0.2, 0.25) is 0 Å². The average Bonchev–Trinajstić information content (AvgIpc) is 3.31. The third-order valence-electron chi connectivity index (χ3n) is 5.08. The molecule has 0 unspecified atom stereocenters. The van der Waals surface area contributed by atoms with Crippen LogP contribution in [-0.2, 0) is 13.2 Å². The number of anilines is 1. The number of amides is 1. The van der Waals surface area contributed by atoms with Crippen LogP contribution in [0.5, 0.6) is 5.75 Å². The largest absolute Gasteiger partial charge is 0.487 e. The van der Waals surface area contributed by atoms with Crippen LogP contribution in [0, 0.1) is 0 Å². The minimum atomic E-state index is -0.137. The summed E-state index contributed by atoms with van der Waals surface area (Å²) in [6.45, 7) is 4.71. The van der Waals surface area contributed by atoms with Crippen LogP contribution < -0.4 is 15.0 Å². The van der Waals surface area contributed by atoms with Crippen molar-refractivity contribution in [3.8, 4) is 5.75 Å². The molecule has 1 amide bonds. The molecule has 1 fully saturated rings. The molecule has 1 N–H and O–H groups in total. The zero-order valence-corrected chi connectivity index (χ0v) is 17.8. The van der Waals surface area contributed by atoms with Crippen LogP contribution in [0.4, 0.5) is 5.82 Å². The number of rotatable bonds is 7. The van der Waals surface area contributed by atoms with Gasteiger partial charge in [0.25, 0.3) is 5.91 Å². The summed E-state index contributed by atoms with van der Waals surface area (Å²) < 4.78 is 5.75. The van der Waals surface area contributed by atoms with Crippen molar-refractivity contribution >= 4 is 23.1 Å². The first-order valence-corrected chi connectivity index (χ1v) is 10.9. The molecule has 0 spiro atoms. The lowest BCUT2D eigenvalue weighted by Gasteiger charge is -2.34. The van der Waals surface area contributed by atoms with Crippen molar-refractivity contribution < 1.29 is 9.53 Å². The van der Waals surface area contributed by atoms with Gasteiger partial charge in [0, 0.05) is 55.4 Å². The number of piperazine rings is 1. The molecule has 30 heavy (non-hydrogen) atoms. The molecule has 0 saturated carbocycles. The summed E-state index contributed by atoms with van der Waals surface area (Å²) in [5, 5.41) is 4.96. The van der Waals surface area contributed by atoms with Crippen molar-refractivity contribution in [3.05, 3.63) is 70.3 Å². The summed E-state index contributed by atoms with van der Waals surface area (Å²) in [5.74, 6) is 1.46. The smallest absolute Gasteiger partial charge is 0.251 e. The maximum absolute atomic E-state index is 12.7. The first-order valence-electron chi connectivity index (χ1n) is 9.94. The van der Waals surface area contributed by atoms with Gasteiger partial charge >= 0.3 is 0 Å². The molecule has 7 nitrogen and oxygen atoms in total. The summed E-state index contributed by atoms with van der Waals surface area (Å²) in [7, 11) is 2.13. The number of carbonyl (C=O) groups excluding carboxylic acids is 1. The van der Waals surface area contributed by atoms with E-state index in [1.165, 1.54) is 11.3 Å². The molecule has 1 aliphatic heterocycles. The number of benzene rings is 1. The van der Waals surface area contributed by atoms with Gasteiger partial charge in [-0.1, -0.05) is 12.1 Å². The van der Waals surface area contributed by atoms with Crippen LogP contribution in [0.25, 0.3) is 0 Å². The monoisotopic (exact) mass is 423 g/mol. The van der Waals surface area contributed by atoms with E-state index in [1.807, 2.05) is 35.8 Å². The second-order valence-corrected chi connectivity index (χ2v) is 7.97. The van der Waals surface area contributed by atoms with Crippen molar-refractivity contribution in [2.75, 3.05) is 38.1 Å². The molecule has 0 atom stereocenters. The highest BCUT2D eigenvalue weighted by molar-refractivity contribution is 7.07. The minimum absolute atomic E-state index is 0.137. The van der Waals surface area contributed by atoms with Gasteiger partial charge in [-0.25, -0.2) is 9.97 Å². The maximum Gasteiger partial charge on any atom is 0.251 e. The average molecular weight is 424 g/mol. The van der Waals surface area contributed by atoms with Crippen LogP contribution in [0.15, 0.2) is 53.5 Å². The standard InChI is InChI=1S/C22H25N5O2S/c1-26-8-10-27(11-9-26)21-18(5-3-7-23-21)13-24-22(28)17-4-2-6-20(12-17)29-14-19-15-30-16-25-19/h2-7,12,15-16H,8-11,13-14H2,1H3,(H,24,28). The third kappa shape index (κ3) is 5.14. The second-order valence-electron chi connectivity index (χ2n) is 7.26. The predicted octanol–water partition coefficient (Wildman–Crippen LogP) is 2.80. The molecule has 2 aromatic heterocycles. The zero-order chi connectivity index (χ0) is 20.8. The van der Waals surface area contributed by atoms with Crippen molar-refractivity contribution in [3.63, 3.8) is 0 Å². The van der Waals surface area contributed by atoms with Gasteiger partial charge < -0.3 is 19.9 Å². The number of aromatic nitrogens is 2. The van der Waals surface area contributed by atoms with Crippen LogP contribution in [0.2, 0.25) is 0 Å². The molecule has 1 aliphatic rings. The number of pyridine rings is 1. The van der Waals surface area contributed by atoms with Crippen molar-refractivity contribution in [1.29, 1.82) is 0 Å². The molecule has 0 radical (unpaired) electrons. The van der Waals surface area contributed by atoms with Gasteiger partial charge in [0.15, 0.2) is 0 Å². The van der Waals surface area contributed by atoms with Crippen LogP contribution in [0.1, 0.15) is 21.6 Å². The van der Waals surface area contributed by atoms with Crippen LogP contribution in [0.3, 0.4) is 0 Å².